The molecule has 2 rings (SSSR count). The number of rotatable bonds is 4. The van der Waals surface area contributed by atoms with Crippen molar-refractivity contribution in [1.29, 1.82) is 0 Å². The Morgan fingerprint density at radius 1 is 1.35 bits per heavy atom. The van der Waals surface area contributed by atoms with Crippen LogP contribution in [0.4, 0.5) is 0 Å². The highest BCUT2D eigenvalue weighted by atomic mass is 79.9. The van der Waals surface area contributed by atoms with Crippen molar-refractivity contribution in [3.63, 3.8) is 0 Å². The smallest absolute Gasteiger partial charge is 0.120 e. The summed E-state index contributed by atoms with van der Waals surface area (Å²) in [4.78, 5) is 0. The summed E-state index contributed by atoms with van der Waals surface area (Å²) in [7, 11) is 1.81. The van der Waals surface area contributed by atoms with Gasteiger partial charge in [0.1, 0.15) is 18.0 Å². The van der Waals surface area contributed by atoms with Gasteiger partial charge < -0.3 is 9.47 Å². The minimum absolute atomic E-state index is 0.139. The number of thioether (sulfide) groups is 1. The van der Waals surface area contributed by atoms with E-state index in [0.29, 0.717) is 12.5 Å². The van der Waals surface area contributed by atoms with E-state index < -0.39 is 0 Å². The molecule has 1 aliphatic rings. The number of hydrogen-bond acceptors (Lipinski definition) is 3. The van der Waals surface area contributed by atoms with Gasteiger partial charge in [-0.05, 0) is 61.0 Å². The highest BCUT2D eigenvalue weighted by Gasteiger charge is 2.39. The molecule has 0 aromatic heterocycles. The molecule has 112 valence electrons. The SMILES string of the molecule is COC1(COc2cc(C)c(Br)c(C)c2)CCSCC1C. The average molecular weight is 359 g/mol. The van der Waals surface area contributed by atoms with Crippen LogP contribution in [0, 0.1) is 19.8 Å². The lowest BCUT2D eigenvalue weighted by atomic mass is 9.87. The molecule has 20 heavy (non-hydrogen) atoms. The average Bonchev–Trinajstić information content (AvgIpc) is 2.44. The summed E-state index contributed by atoms with van der Waals surface area (Å²) in [5.41, 5.74) is 2.28. The molecule has 1 aromatic carbocycles. The molecule has 0 radical (unpaired) electrons. The maximum atomic E-state index is 6.07. The number of halogens is 1. The largest absolute Gasteiger partial charge is 0.491 e. The first-order valence-electron chi connectivity index (χ1n) is 7.01. The second-order valence-corrected chi connectivity index (χ2v) is 7.60. The molecule has 0 spiro atoms. The van der Waals surface area contributed by atoms with Gasteiger partial charge in [-0.25, -0.2) is 0 Å². The number of methoxy groups -OCH3 is 1. The molecule has 2 nitrogen and oxygen atoms in total. The fourth-order valence-corrected chi connectivity index (χ4v) is 4.22. The van der Waals surface area contributed by atoms with Crippen molar-refractivity contribution in [3.05, 3.63) is 27.7 Å². The molecular weight excluding hydrogens is 336 g/mol. The summed E-state index contributed by atoms with van der Waals surface area (Å²) in [5, 5.41) is 0. The molecule has 1 aliphatic heterocycles. The lowest BCUT2D eigenvalue weighted by molar-refractivity contribution is -0.0800. The van der Waals surface area contributed by atoms with Gasteiger partial charge in [0.25, 0.3) is 0 Å². The molecule has 1 fully saturated rings. The Morgan fingerprint density at radius 2 is 2.00 bits per heavy atom. The van der Waals surface area contributed by atoms with Gasteiger partial charge in [-0.3, -0.25) is 0 Å². The third-order valence-corrected chi connectivity index (χ3v) is 6.71. The second-order valence-electron chi connectivity index (χ2n) is 5.65. The zero-order chi connectivity index (χ0) is 14.8. The van der Waals surface area contributed by atoms with Gasteiger partial charge in [0.15, 0.2) is 0 Å². The molecule has 1 saturated heterocycles. The van der Waals surface area contributed by atoms with Gasteiger partial charge in [-0.15, -0.1) is 0 Å². The Labute approximate surface area is 134 Å². The van der Waals surface area contributed by atoms with E-state index in [2.05, 4.69) is 48.8 Å². The second kappa shape index (κ2) is 6.71. The van der Waals surface area contributed by atoms with Crippen molar-refractivity contribution in [2.75, 3.05) is 25.2 Å². The normalized spacial score (nSPS) is 26.6. The topological polar surface area (TPSA) is 18.5 Å². The van der Waals surface area contributed by atoms with Crippen LogP contribution in [0.5, 0.6) is 5.75 Å². The van der Waals surface area contributed by atoms with E-state index >= 15 is 0 Å². The number of hydrogen-bond donors (Lipinski definition) is 0. The van der Waals surface area contributed by atoms with Gasteiger partial charge in [-0.1, -0.05) is 22.9 Å². The predicted octanol–water partition coefficient (Wildman–Crippen LogP) is 4.60. The quantitative estimate of drug-likeness (QED) is 0.783. The molecule has 4 heteroatoms. The highest BCUT2D eigenvalue weighted by Crippen LogP contribution is 2.36. The van der Waals surface area contributed by atoms with Crippen LogP contribution >= 0.6 is 27.7 Å². The lowest BCUT2D eigenvalue weighted by Gasteiger charge is -2.40. The summed E-state index contributed by atoms with van der Waals surface area (Å²) >= 11 is 5.60. The van der Waals surface area contributed by atoms with Crippen LogP contribution in [0.15, 0.2) is 16.6 Å². The van der Waals surface area contributed by atoms with Crippen molar-refractivity contribution >= 4 is 27.7 Å². The molecule has 2 unspecified atom stereocenters. The van der Waals surface area contributed by atoms with Crippen molar-refractivity contribution in [3.8, 4) is 5.75 Å². The Balaban J connectivity index is 2.10. The van der Waals surface area contributed by atoms with E-state index in [4.69, 9.17) is 9.47 Å². The monoisotopic (exact) mass is 358 g/mol. The first kappa shape index (κ1) is 16.2. The van der Waals surface area contributed by atoms with E-state index in [1.54, 1.807) is 0 Å². The van der Waals surface area contributed by atoms with Crippen molar-refractivity contribution in [2.45, 2.75) is 32.8 Å². The molecule has 0 N–H and O–H groups in total. The van der Waals surface area contributed by atoms with E-state index in [9.17, 15) is 0 Å². The van der Waals surface area contributed by atoms with Crippen LogP contribution in [0.2, 0.25) is 0 Å². The fraction of sp³-hybridized carbons (Fsp3) is 0.625. The summed E-state index contributed by atoms with van der Waals surface area (Å²) in [6.07, 6.45) is 1.06. The standard InChI is InChI=1S/C16H23BrO2S/c1-11-7-14(8-12(2)15(11)17)19-10-16(18-4)5-6-20-9-13(16)3/h7-8,13H,5-6,9-10H2,1-4H3. The van der Waals surface area contributed by atoms with Gasteiger partial charge in [0.2, 0.25) is 0 Å². The minimum atomic E-state index is -0.139. The third-order valence-electron chi connectivity index (χ3n) is 4.24. The van der Waals surface area contributed by atoms with Crippen LogP contribution in [0.3, 0.4) is 0 Å². The van der Waals surface area contributed by atoms with E-state index in [-0.39, 0.29) is 5.60 Å². The van der Waals surface area contributed by atoms with E-state index in [0.717, 1.165) is 28.1 Å². The summed E-state index contributed by atoms with van der Waals surface area (Å²) < 4.78 is 13.1. The zero-order valence-electron chi connectivity index (χ0n) is 12.7. The summed E-state index contributed by atoms with van der Waals surface area (Å²) in [6.45, 7) is 7.08. The first-order chi connectivity index (χ1) is 9.48. The Kier molecular flexibility index (Phi) is 5.43. The first-order valence-corrected chi connectivity index (χ1v) is 8.96. The Hall–Kier alpha value is -0.190. The van der Waals surface area contributed by atoms with Gasteiger partial charge in [0.05, 0.1) is 0 Å². The molecule has 2 atom stereocenters. The molecule has 1 heterocycles. The van der Waals surface area contributed by atoms with Crippen LogP contribution in [0.1, 0.15) is 24.5 Å². The van der Waals surface area contributed by atoms with Crippen molar-refractivity contribution in [2.24, 2.45) is 5.92 Å². The number of ether oxygens (including phenoxy) is 2. The Bertz CT molecular complexity index is 455. The molecule has 0 amide bonds. The predicted molar refractivity (Wildman–Crippen MR) is 90.0 cm³/mol. The molecule has 0 saturated carbocycles. The summed E-state index contributed by atoms with van der Waals surface area (Å²) in [5.74, 6) is 3.75. The van der Waals surface area contributed by atoms with Crippen LogP contribution < -0.4 is 4.74 Å². The molecule has 1 aromatic rings. The van der Waals surface area contributed by atoms with Crippen LogP contribution in [-0.4, -0.2) is 30.8 Å². The van der Waals surface area contributed by atoms with Crippen LogP contribution in [0.25, 0.3) is 0 Å². The van der Waals surface area contributed by atoms with E-state index in [1.165, 1.54) is 11.1 Å². The minimum Gasteiger partial charge on any atom is -0.491 e. The number of benzene rings is 1. The highest BCUT2D eigenvalue weighted by molar-refractivity contribution is 9.10. The molecule has 0 bridgehead atoms. The zero-order valence-corrected chi connectivity index (χ0v) is 15.1. The molecule has 0 aliphatic carbocycles. The van der Waals surface area contributed by atoms with Gasteiger partial charge in [-0.2, -0.15) is 11.8 Å². The summed E-state index contributed by atoms with van der Waals surface area (Å²) in [6, 6.07) is 4.17. The maximum absolute atomic E-state index is 6.07. The van der Waals surface area contributed by atoms with Gasteiger partial charge in [0, 0.05) is 11.6 Å². The van der Waals surface area contributed by atoms with Crippen molar-refractivity contribution < 1.29 is 9.47 Å². The fourth-order valence-electron chi connectivity index (χ4n) is 2.67. The van der Waals surface area contributed by atoms with Gasteiger partial charge >= 0.3 is 0 Å². The number of aryl methyl sites for hydroxylation is 2. The van der Waals surface area contributed by atoms with E-state index in [1.807, 2.05) is 18.9 Å². The Morgan fingerprint density at radius 3 is 2.55 bits per heavy atom. The molecular formula is C16H23BrO2S. The van der Waals surface area contributed by atoms with Crippen molar-refractivity contribution in [1.82, 2.24) is 0 Å². The third kappa shape index (κ3) is 3.34. The van der Waals surface area contributed by atoms with Crippen LogP contribution in [-0.2, 0) is 4.74 Å². The maximum Gasteiger partial charge on any atom is 0.120 e. The lowest BCUT2D eigenvalue weighted by Crippen LogP contribution is -2.48.